The molecule has 0 aliphatic carbocycles. The van der Waals surface area contributed by atoms with Gasteiger partial charge in [0.2, 0.25) is 0 Å². The summed E-state index contributed by atoms with van der Waals surface area (Å²) >= 11 is 6.52. The van der Waals surface area contributed by atoms with E-state index >= 15 is 0 Å². The van der Waals surface area contributed by atoms with Gasteiger partial charge in [-0.15, -0.1) is 0 Å². The first kappa shape index (κ1) is 35.3. The summed E-state index contributed by atoms with van der Waals surface area (Å²) in [6.07, 6.45) is 0.261. The van der Waals surface area contributed by atoms with Crippen molar-refractivity contribution in [3.05, 3.63) is 46.1 Å². The Labute approximate surface area is 266 Å². The molecule has 0 saturated carbocycles. The lowest BCUT2D eigenvalue weighted by atomic mass is 10.0. The SMILES string of the molecule is COCn1nc(C(=O)N[C@@H](C(=O)CC(=O)OC)C(=O)OC)c(Cc2ccccc2Cl)c1N1CCC[C@@H](NC(=O)OC(C)(C)C)C1. The summed E-state index contributed by atoms with van der Waals surface area (Å²) in [6.45, 7) is 6.24. The number of esters is 2. The third-order valence-corrected chi connectivity index (χ3v) is 7.20. The smallest absolute Gasteiger partial charge is 0.407 e. The molecule has 1 aromatic heterocycles. The molecule has 0 bridgehead atoms. The predicted octanol–water partition coefficient (Wildman–Crippen LogP) is 2.63. The van der Waals surface area contributed by atoms with Gasteiger partial charge in [0.05, 0.1) is 14.2 Å². The van der Waals surface area contributed by atoms with Crippen molar-refractivity contribution >= 4 is 47.1 Å². The van der Waals surface area contributed by atoms with Crippen molar-refractivity contribution in [2.75, 3.05) is 39.3 Å². The highest BCUT2D eigenvalue weighted by atomic mass is 35.5. The van der Waals surface area contributed by atoms with Crippen molar-refractivity contribution in [3.63, 3.8) is 0 Å². The number of piperidine rings is 1. The first-order chi connectivity index (χ1) is 21.3. The highest BCUT2D eigenvalue weighted by molar-refractivity contribution is 6.31. The van der Waals surface area contributed by atoms with Crippen LogP contribution in [0.4, 0.5) is 10.6 Å². The van der Waals surface area contributed by atoms with Crippen molar-refractivity contribution in [2.45, 2.75) is 70.9 Å². The zero-order valence-corrected chi connectivity index (χ0v) is 27.1. The Kier molecular flexibility index (Phi) is 12.3. The molecule has 1 aliphatic rings. The largest absolute Gasteiger partial charge is 0.469 e. The zero-order chi connectivity index (χ0) is 33.3. The van der Waals surface area contributed by atoms with Crippen LogP contribution in [-0.4, -0.2) is 91.6 Å². The van der Waals surface area contributed by atoms with Gasteiger partial charge in [0.1, 0.15) is 24.6 Å². The Bertz CT molecular complexity index is 1400. The lowest BCUT2D eigenvalue weighted by molar-refractivity contribution is -0.148. The fourth-order valence-electron chi connectivity index (χ4n) is 4.90. The van der Waals surface area contributed by atoms with Crippen LogP contribution in [0.3, 0.4) is 0 Å². The van der Waals surface area contributed by atoms with E-state index in [2.05, 4.69) is 20.5 Å². The monoisotopic (exact) mass is 649 g/mol. The van der Waals surface area contributed by atoms with E-state index in [0.29, 0.717) is 47.9 Å². The molecule has 15 heteroatoms. The Morgan fingerprint density at radius 2 is 1.80 bits per heavy atom. The lowest BCUT2D eigenvalue weighted by Gasteiger charge is -2.35. The first-order valence-electron chi connectivity index (χ1n) is 14.3. The van der Waals surface area contributed by atoms with E-state index in [-0.39, 0.29) is 24.9 Å². The number of aromatic nitrogens is 2. The second kappa shape index (κ2) is 15.7. The second-order valence-corrected chi connectivity index (χ2v) is 11.8. The molecule has 1 aromatic carbocycles. The van der Waals surface area contributed by atoms with Crippen LogP contribution in [0, 0.1) is 0 Å². The molecule has 3 rings (SSSR count). The maximum absolute atomic E-state index is 13.8. The van der Waals surface area contributed by atoms with Crippen molar-refractivity contribution in [3.8, 4) is 0 Å². The number of ether oxygens (including phenoxy) is 4. The summed E-state index contributed by atoms with van der Waals surface area (Å²) in [7, 11) is 3.63. The molecule has 1 saturated heterocycles. The van der Waals surface area contributed by atoms with Crippen LogP contribution < -0.4 is 15.5 Å². The standard InChI is InChI=1S/C30H40ClN5O9/c1-30(2,3)45-29(41)32-19-11-9-13-35(16-19)27-20(14-18-10-7-8-12-21(18)31)24(34-36(27)17-42-4)26(39)33-25(28(40)44-6)22(37)15-23(38)43-5/h7-8,10,12,19,25H,9,11,13-17H2,1-6H3,(H,32,41)(H,33,39)/t19-,25+/m1/s1. The molecule has 14 nitrogen and oxygen atoms in total. The Morgan fingerprint density at radius 1 is 1.09 bits per heavy atom. The second-order valence-electron chi connectivity index (χ2n) is 11.4. The summed E-state index contributed by atoms with van der Waals surface area (Å²) in [5.41, 5.74) is 0.377. The molecule has 1 fully saturated rings. The maximum Gasteiger partial charge on any atom is 0.407 e. The fourth-order valence-corrected chi connectivity index (χ4v) is 5.10. The van der Waals surface area contributed by atoms with Gasteiger partial charge in [0.15, 0.2) is 17.5 Å². The number of alkyl carbamates (subject to hydrolysis) is 1. The normalized spacial score (nSPS) is 15.5. The van der Waals surface area contributed by atoms with E-state index in [1.807, 2.05) is 11.0 Å². The molecule has 45 heavy (non-hydrogen) atoms. The molecular weight excluding hydrogens is 610 g/mol. The van der Waals surface area contributed by atoms with Gasteiger partial charge in [-0.25, -0.2) is 14.3 Å². The van der Waals surface area contributed by atoms with Crippen molar-refractivity contribution in [2.24, 2.45) is 0 Å². The van der Waals surface area contributed by atoms with Gasteiger partial charge in [-0.3, -0.25) is 14.4 Å². The highest BCUT2D eigenvalue weighted by Crippen LogP contribution is 2.32. The van der Waals surface area contributed by atoms with Gasteiger partial charge in [-0.1, -0.05) is 29.8 Å². The van der Waals surface area contributed by atoms with Crippen LogP contribution in [0.25, 0.3) is 0 Å². The summed E-state index contributed by atoms with van der Waals surface area (Å²) in [4.78, 5) is 65.4. The highest BCUT2D eigenvalue weighted by Gasteiger charge is 2.35. The van der Waals surface area contributed by atoms with Crippen molar-refractivity contribution in [1.29, 1.82) is 0 Å². The molecule has 2 atom stereocenters. The van der Waals surface area contributed by atoms with E-state index in [4.69, 9.17) is 25.8 Å². The molecule has 2 aromatic rings. The average Bonchev–Trinajstić information content (AvgIpc) is 3.33. The Balaban J connectivity index is 2.05. The number of Topliss-reactive ketones (excluding diaryl/α,β-unsaturated/α-hetero) is 1. The van der Waals surface area contributed by atoms with Gasteiger partial charge >= 0.3 is 18.0 Å². The Hall–Kier alpha value is -4.17. The minimum Gasteiger partial charge on any atom is -0.469 e. The number of rotatable bonds is 12. The zero-order valence-electron chi connectivity index (χ0n) is 26.3. The number of hydrogen-bond acceptors (Lipinski definition) is 11. The van der Waals surface area contributed by atoms with Crippen molar-refractivity contribution in [1.82, 2.24) is 20.4 Å². The number of ketones is 1. The number of hydrogen-bond donors (Lipinski definition) is 2. The van der Waals surface area contributed by atoms with E-state index in [1.54, 1.807) is 39.0 Å². The molecule has 0 unspecified atom stereocenters. The molecule has 0 spiro atoms. The summed E-state index contributed by atoms with van der Waals surface area (Å²) in [6, 6.07) is 5.05. The molecule has 1 aliphatic heterocycles. The minimum atomic E-state index is -1.79. The van der Waals surface area contributed by atoms with Crippen LogP contribution in [0.2, 0.25) is 5.02 Å². The molecular formula is C30H40ClN5O9. The first-order valence-corrected chi connectivity index (χ1v) is 14.7. The third kappa shape index (κ3) is 9.66. The van der Waals surface area contributed by atoms with Crippen LogP contribution in [-0.2, 0) is 46.5 Å². The topological polar surface area (TPSA) is 167 Å². The number of carbonyl (C=O) groups excluding carboxylic acids is 5. The van der Waals surface area contributed by atoms with Gasteiger partial charge in [-0.2, -0.15) is 5.10 Å². The van der Waals surface area contributed by atoms with Gasteiger partial charge in [-0.05, 0) is 45.2 Å². The average molecular weight is 650 g/mol. The molecule has 2 N–H and O–H groups in total. The number of carbonyl (C=O) groups is 5. The predicted molar refractivity (Wildman–Crippen MR) is 163 cm³/mol. The summed E-state index contributed by atoms with van der Waals surface area (Å²) in [5.74, 6) is -3.18. The van der Waals surface area contributed by atoms with Gasteiger partial charge in [0, 0.05) is 43.2 Å². The number of methoxy groups -OCH3 is 3. The van der Waals surface area contributed by atoms with E-state index in [1.165, 1.54) is 11.8 Å². The third-order valence-electron chi connectivity index (χ3n) is 6.83. The van der Waals surface area contributed by atoms with Crippen molar-refractivity contribution < 1.29 is 42.9 Å². The number of nitrogens with zero attached hydrogens (tertiary/aromatic N) is 3. The number of nitrogens with one attached hydrogen (secondary N) is 2. The maximum atomic E-state index is 13.8. The molecule has 246 valence electrons. The van der Waals surface area contributed by atoms with E-state index in [9.17, 15) is 24.0 Å². The Morgan fingerprint density at radius 3 is 2.42 bits per heavy atom. The summed E-state index contributed by atoms with van der Waals surface area (Å²) < 4.78 is 21.6. The van der Waals surface area contributed by atoms with E-state index in [0.717, 1.165) is 14.2 Å². The minimum absolute atomic E-state index is 0.0412. The number of amides is 2. The number of benzene rings is 1. The van der Waals surface area contributed by atoms with Crippen LogP contribution in [0.5, 0.6) is 0 Å². The van der Waals surface area contributed by atoms with Gasteiger partial charge < -0.3 is 34.5 Å². The van der Waals surface area contributed by atoms with Gasteiger partial charge in [0.25, 0.3) is 5.91 Å². The van der Waals surface area contributed by atoms with Crippen LogP contribution in [0.15, 0.2) is 24.3 Å². The quantitative estimate of drug-likeness (QED) is 0.197. The number of halogens is 1. The summed E-state index contributed by atoms with van der Waals surface area (Å²) in [5, 5.41) is 10.3. The molecule has 2 heterocycles. The molecule has 2 amide bonds. The lowest BCUT2D eigenvalue weighted by Crippen LogP contribution is -2.49. The van der Waals surface area contributed by atoms with Crippen LogP contribution in [0.1, 0.15) is 61.6 Å². The number of anilines is 1. The van der Waals surface area contributed by atoms with Crippen LogP contribution >= 0.6 is 11.6 Å². The fraction of sp³-hybridized carbons (Fsp3) is 0.533. The molecule has 0 radical (unpaired) electrons. The van der Waals surface area contributed by atoms with E-state index < -0.39 is 47.8 Å².